The average molecular weight is 413 g/mol. The van der Waals surface area contributed by atoms with Gasteiger partial charge in [0.1, 0.15) is 5.75 Å². The third-order valence-electron chi connectivity index (χ3n) is 4.90. The number of carboxylic acids is 1. The van der Waals surface area contributed by atoms with Gasteiger partial charge in [-0.15, -0.1) is 0 Å². The van der Waals surface area contributed by atoms with E-state index in [-0.39, 0.29) is 18.7 Å². The molecular weight excluding hydrogens is 398 g/mol. The standard InChI is InChI=1S/C17H15BrF2N2O3/c1-25-12-4-8-2-3-22-14(10(8)5-11(12)18)13(21-15(22)16(23)24)9-6-17(19,20)7-9/h4-5,9H,2-3,6-7H2,1H3,(H,23,24). The zero-order chi connectivity index (χ0) is 17.9. The molecule has 0 saturated heterocycles. The van der Waals surface area contributed by atoms with E-state index in [4.69, 9.17) is 4.74 Å². The minimum atomic E-state index is -2.69. The molecule has 25 heavy (non-hydrogen) atoms. The maximum atomic E-state index is 13.4. The van der Waals surface area contributed by atoms with Crippen molar-refractivity contribution in [1.82, 2.24) is 9.55 Å². The van der Waals surface area contributed by atoms with Crippen LogP contribution in [0.4, 0.5) is 8.78 Å². The van der Waals surface area contributed by atoms with E-state index in [2.05, 4.69) is 20.9 Å². The molecule has 0 bridgehead atoms. The molecule has 4 rings (SSSR count). The van der Waals surface area contributed by atoms with Crippen molar-refractivity contribution in [2.24, 2.45) is 0 Å². The predicted octanol–water partition coefficient (Wildman–Crippen LogP) is 4.09. The first-order valence-corrected chi connectivity index (χ1v) is 8.68. The third kappa shape index (κ3) is 2.54. The number of halogens is 3. The van der Waals surface area contributed by atoms with Gasteiger partial charge in [-0.2, -0.15) is 0 Å². The first kappa shape index (κ1) is 16.5. The highest BCUT2D eigenvalue weighted by Crippen LogP contribution is 2.51. The van der Waals surface area contributed by atoms with Crippen molar-refractivity contribution >= 4 is 21.9 Å². The molecule has 132 valence electrons. The van der Waals surface area contributed by atoms with Crippen molar-refractivity contribution in [2.75, 3.05) is 7.11 Å². The minimum Gasteiger partial charge on any atom is -0.496 e. The highest BCUT2D eigenvalue weighted by Gasteiger charge is 2.48. The van der Waals surface area contributed by atoms with Crippen molar-refractivity contribution in [3.05, 3.63) is 33.7 Å². The Morgan fingerprint density at radius 3 is 2.76 bits per heavy atom. The second kappa shape index (κ2) is 5.52. The van der Waals surface area contributed by atoms with Gasteiger partial charge in [0.25, 0.3) is 0 Å². The number of hydrogen-bond acceptors (Lipinski definition) is 3. The van der Waals surface area contributed by atoms with Crippen molar-refractivity contribution in [3.8, 4) is 17.0 Å². The fraction of sp³-hybridized carbons (Fsp3) is 0.412. The number of aromatic nitrogens is 2. The van der Waals surface area contributed by atoms with Crippen LogP contribution in [-0.2, 0) is 13.0 Å². The molecule has 0 radical (unpaired) electrons. The Hall–Kier alpha value is -1.96. The number of hydrogen-bond donors (Lipinski definition) is 1. The Morgan fingerprint density at radius 1 is 1.44 bits per heavy atom. The number of aromatic carboxylic acids is 1. The molecule has 1 fully saturated rings. The van der Waals surface area contributed by atoms with Gasteiger partial charge in [-0.25, -0.2) is 18.6 Å². The van der Waals surface area contributed by atoms with E-state index in [1.807, 2.05) is 12.1 Å². The van der Waals surface area contributed by atoms with Gasteiger partial charge >= 0.3 is 5.97 Å². The summed E-state index contributed by atoms with van der Waals surface area (Å²) in [6.07, 6.45) is 0.0499. The zero-order valence-corrected chi connectivity index (χ0v) is 14.9. The van der Waals surface area contributed by atoms with Gasteiger partial charge in [0.05, 0.1) is 23.0 Å². The number of fused-ring (bicyclic) bond motifs is 3. The van der Waals surface area contributed by atoms with E-state index in [1.54, 1.807) is 11.7 Å². The van der Waals surface area contributed by atoms with Crippen LogP contribution in [0, 0.1) is 0 Å². The summed E-state index contributed by atoms with van der Waals surface area (Å²) in [6, 6.07) is 3.75. The van der Waals surface area contributed by atoms with Gasteiger partial charge in [0, 0.05) is 30.9 Å². The number of imidazole rings is 1. The number of methoxy groups -OCH3 is 1. The van der Waals surface area contributed by atoms with Crippen LogP contribution >= 0.6 is 15.9 Å². The predicted molar refractivity (Wildman–Crippen MR) is 89.5 cm³/mol. The highest BCUT2D eigenvalue weighted by molar-refractivity contribution is 9.10. The van der Waals surface area contributed by atoms with E-state index in [1.165, 1.54) is 0 Å². The van der Waals surface area contributed by atoms with Crippen molar-refractivity contribution < 1.29 is 23.4 Å². The molecule has 1 aliphatic carbocycles. The van der Waals surface area contributed by atoms with E-state index in [0.717, 1.165) is 15.6 Å². The fourth-order valence-electron chi connectivity index (χ4n) is 3.69. The number of rotatable bonds is 3. The number of aryl methyl sites for hydroxylation is 1. The number of carbonyl (C=O) groups is 1. The topological polar surface area (TPSA) is 64.3 Å². The lowest BCUT2D eigenvalue weighted by molar-refractivity contribution is -0.0874. The van der Waals surface area contributed by atoms with Crippen molar-refractivity contribution in [3.63, 3.8) is 0 Å². The van der Waals surface area contributed by atoms with Crippen LogP contribution in [0.25, 0.3) is 11.3 Å². The Kier molecular flexibility index (Phi) is 3.64. The van der Waals surface area contributed by atoms with Crippen LogP contribution in [0.1, 0.15) is 40.6 Å². The summed E-state index contributed by atoms with van der Waals surface area (Å²) >= 11 is 3.44. The van der Waals surface area contributed by atoms with Crippen molar-refractivity contribution in [2.45, 2.75) is 37.6 Å². The number of nitrogens with zero attached hydrogens (tertiary/aromatic N) is 2. The molecule has 1 N–H and O–H groups in total. The largest absolute Gasteiger partial charge is 0.496 e. The molecule has 5 nitrogen and oxygen atoms in total. The number of ether oxygens (including phenoxy) is 1. The molecule has 0 amide bonds. The van der Waals surface area contributed by atoms with Crippen LogP contribution in [-0.4, -0.2) is 33.7 Å². The molecule has 0 unspecified atom stereocenters. The Balaban J connectivity index is 1.90. The van der Waals surface area contributed by atoms with Crippen LogP contribution in [0.5, 0.6) is 5.75 Å². The second-order valence-electron chi connectivity index (χ2n) is 6.48. The molecule has 8 heteroatoms. The smallest absolute Gasteiger partial charge is 0.372 e. The van der Waals surface area contributed by atoms with Gasteiger partial charge in [-0.05, 0) is 40.0 Å². The molecule has 1 aromatic heterocycles. The van der Waals surface area contributed by atoms with Crippen LogP contribution in [0.15, 0.2) is 16.6 Å². The van der Waals surface area contributed by atoms with E-state index < -0.39 is 17.8 Å². The highest BCUT2D eigenvalue weighted by atomic mass is 79.9. The third-order valence-corrected chi connectivity index (χ3v) is 5.52. The summed E-state index contributed by atoms with van der Waals surface area (Å²) in [4.78, 5) is 15.8. The van der Waals surface area contributed by atoms with Gasteiger partial charge in [0.2, 0.25) is 11.7 Å². The molecule has 2 aliphatic rings. The van der Waals surface area contributed by atoms with Gasteiger partial charge in [-0.3, -0.25) is 0 Å². The molecule has 2 aromatic rings. The normalized spacial score (nSPS) is 18.2. The number of alkyl halides is 2. The Morgan fingerprint density at radius 2 is 2.16 bits per heavy atom. The first-order chi connectivity index (χ1) is 11.8. The SMILES string of the molecule is COc1cc2c(cc1Br)-c1c(C3CC(F)(F)C3)nc(C(=O)O)n1CC2. The average Bonchev–Trinajstić information content (AvgIpc) is 2.91. The zero-order valence-electron chi connectivity index (χ0n) is 13.4. The molecule has 1 aliphatic heterocycles. The number of carboxylic acid groups (broad SMARTS) is 1. The van der Waals surface area contributed by atoms with Crippen LogP contribution < -0.4 is 4.74 Å². The molecule has 0 spiro atoms. The lowest BCUT2D eigenvalue weighted by Crippen LogP contribution is -2.34. The Labute approximate surface area is 150 Å². The quantitative estimate of drug-likeness (QED) is 0.824. The van der Waals surface area contributed by atoms with E-state index >= 15 is 0 Å². The van der Waals surface area contributed by atoms with Gasteiger partial charge in [-0.1, -0.05) is 0 Å². The molecular formula is C17H15BrF2N2O3. The Bertz CT molecular complexity index is 887. The van der Waals surface area contributed by atoms with Crippen LogP contribution in [0.2, 0.25) is 0 Å². The minimum absolute atomic E-state index is 0.0854. The number of benzene rings is 1. The van der Waals surface area contributed by atoms with Gasteiger partial charge in [0.15, 0.2) is 0 Å². The molecule has 0 atom stereocenters. The lowest BCUT2D eigenvalue weighted by atomic mass is 9.77. The maximum absolute atomic E-state index is 13.4. The fourth-order valence-corrected chi connectivity index (χ4v) is 4.19. The maximum Gasteiger partial charge on any atom is 0.372 e. The second-order valence-corrected chi connectivity index (χ2v) is 7.34. The van der Waals surface area contributed by atoms with Crippen molar-refractivity contribution in [1.29, 1.82) is 0 Å². The summed E-state index contributed by atoms with van der Waals surface area (Å²) < 4.78 is 34.4. The van der Waals surface area contributed by atoms with Crippen LogP contribution in [0.3, 0.4) is 0 Å². The van der Waals surface area contributed by atoms with Gasteiger partial charge < -0.3 is 14.4 Å². The summed E-state index contributed by atoms with van der Waals surface area (Å²) in [5.74, 6) is -3.66. The monoisotopic (exact) mass is 412 g/mol. The summed E-state index contributed by atoms with van der Waals surface area (Å²) in [5.41, 5.74) is 2.92. The first-order valence-electron chi connectivity index (χ1n) is 7.89. The van der Waals surface area contributed by atoms with E-state index in [9.17, 15) is 18.7 Å². The summed E-state index contributed by atoms with van der Waals surface area (Å²) in [7, 11) is 1.57. The molecule has 2 heterocycles. The molecule has 1 aromatic carbocycles. The lowest BCUT2D eigenvalue weighted by Gasteiger charge is -2.35. The molecule has 1 saturated carbocycles. The summed E-state index contributed by atoms with van der Waals surface area (Å²) in [5, 5.41) is 9.45. The van der Waals surface area contributed by atoms with E-state index in [0.29, 0.717) is 30.1 Å². The summed E-state index contributed by atoms with van der Waals surface area (Å²) in [6.45, 7) is 0.449.